The van der Waals surface area contributed by atoms with E-state index in [-0.39, 0.29) is 12.1 Å². The van der Waals surface area contributed by atoms with Gasteiger partial charge in [0.1, 0.15) is 11.3 Å². The predicted molar refractivity (Wildman–Crippen MR) is 81.1 cm³/mol. The van der Waals surface area contributed by atoms with E-state index in [0.29, 0.717) is 12.6 Å². The number of hydrogen-bond acceptors (Lipinski definition) is 4. The Balaban J connectivity index is 2.43. The molecule has 0 aliphatic rings. The lowest BCUT2D eigenvalue weighted by Gasteiger charge is -2.16. The van der Waals surface area contributed by atoms with Crippen molar-refractivity contribution < 1.29 is 9.47 Å². The van der Waals surface area contributed by atoms with Crippen LogP contribution in [0.1, 0.15) is 33.2 Å². The zero-order valence-corrected chi connectivity index (χ0v) is 12.6. The summed E-state index contributed by atoms with van der Waals surface area (Å²) >= 11 is 0. The molecule has 0 radical (unpaired) electrons. The number of methoxy groups -OCH3 is 1. The molecule has 20 heavy (non-hydrogen) atoms. The Kier molecular flexibility index (Phi) is 4.49. The van der Waals surface area contributed by atoms with Crippen molar-refractivity contribution in [3.05, 3.63) is 18.2 Å². The Morgan fingerprint density at radius 2 is 2.05 bits per heavy atom. The van der Waals surface area contributed by atoms with Crippen LogP contribution in [0.15, 0.2) is 18.2 Å². The van der Waals surface area contributed by atoms with E-state index >= 15 is 0 Å². The highest BCUT2D eigenvalue weighted by Gasteiger charge is 2.17. The van der Waals surface area contributed by atoms with Crippen molar-refractivity contribution in [2.45, 2.75) is 39.3 Å². The second-order valence-electron chi connectivity index (χ2n) is 5.26. The maximum Gasteiger partial charge on any atom is 0.201 e. The molecule has 2 aromatic rings. The van der Waals surface area contributed by atoms with E-state index in [1.165, 1.54) is 0 Å². The summed E-state index contributed by atoms with van der Waals surface area (Å²) in [6, 6.07) is 6.16. The predicted octanol–water partition coefficient (Wildman–Crippen LogP) is 3.00. The summed E-state index contributed by atoms with van der Waals surface area (Å²) in [5.41, 5.74) is 7.91. The van der Waals surface area contributed by atoms with Crippen LogP contribution in [0.4, 0.5) is 5.95 Å². The zero-order chi connectivity index (χ0) is 14.7. The van der Waals surface area contributed by atoms with Gasteiger partial charge in [0.15, 0.2) is 0 Å². The van der Waals surface area contributed by atoms with Crippen molar-refractivity contribution in [3.63, 3.8) is 0 Å². The van der Waals surface area contributed by atoms with Crippen molar-refractivity contribution in [2.24, 2.45) is 0 Å². The molecule has 110 valence electrons. The number of aromatic nitrogens is 2. The third-order valence-corrected chi connectivity index (χ3v) is 3.25. The van der Waals surface area contributed by atoms with Crippen molar-refractivity contribution in [1.29, 1.82) is 0 Å². The standard InChI is InChI=1S/C15H23N3O2/c1-10(2)20-13-7-5-6-12-14(13)17-15(16)18(12)11(3)8-9-19-4/h5-7,10-11H,8-9H2,1-4H3,(H2,16,17). The number of nitrogens with two attached hydrogens (primary N) is 1. The highest BCUT2D eigenvalue weighted by molar-refractivity contribution is 5.84. The average molecular weight is 277 g/mol. The number of nitrogen functional groups attached to an aromatic ring is 1. The number of anilines is 1. The third-order valence-electron chi connectivity index (χ3n) is 3.25. The van der Waals surface area contributed by atoms with Gasteiger partial charge in [-0.2, -0.15) is 0 Å². The topological polar surface area (TPSA) is 62.3 Å². The van der Waals surface area contributed by atoms with Gasteiger partial charge < -0.3 is 19.8 Å². The molecule has 0 amide bonds. The summed E-state index contributed by atoms with van der Waals surface area (Å²) in [7, 11) is 1.71. The molecule has 0 saturated heterocycles. The Morgan fingerprint density at radius 3 is 2.70 bits per heavy atom. The van der Waals surface area contributed by atoms with Gasteiger partial charge in [-0.15, -0.1) is 0 Å². The Bertz CT molecular complexity index is 578. The summed E-state index contributed by atoms with van der Waals surface area (Å²) in [5, 5.41) is 0. The Labute approximate surface area is 119 Å². The average Bonchev–Trinajstić information content (AvgIpc) is 2.73. The summed E-state index contributed by atoms with van der Waals surface area (Å²) in [5.74, 6) is 1.30. The molecule has 1 unspecified atom stereocenters. The summed E-state index contributed by atoms with van der Waals surface area (Å²) in [6.07, 6.45) is 0.999. The molecular weight excluding hydrogens is 254 g/mol. The lowest BCUT2D eigenvalue weighted by molar-refractivity contribution is 0.182. The molecule has 0 saturated carbocycles. The van der Waals surface area contributed by atoms with Crippen molar-refractivity contribution in [1.82, 2.24) is 9.55 Å². The van der Waals surface area contributed by atoms with Crippen LogP contribution < -0.4 is 10.5 Å². The molecule has 1 aromatic heterocycles. The van der Waals surface area contributed by atoms with Crippen molar-refractivity contribution >= 4 is 17.0 Å². The van der Waals surface area contributed by atoms with Gasteiger partial charge in [-0.1, -0.05) is 6.07 Å². The number of ether oxygens (including phenoxy) is 2. The van der Waals surface area contributed by atoms with Crippen LogP contribution in [-0.2, 0) is 4.74 Å². The molecule has 0 aliphatic carbocycles. The van der Waals surface area contributed by atoms with Crippen LogP contribution in [0.2, 0.25) is 0 Å². The molecule has 1 atom stereocenters. The SMILES string of the molecule is COCCC(C)n1c(N)nc2c(OC(C)C)cccc21. The number of fused-ring (bicyclic) bond motifs is 1. The minimum Gasteiger partial charge on any atom is -0.489 e. The fourth-order valence-electron chi connectivity index (χ4n) is 2.34. The number of rotatable bonds is 6. The van der Waals surface area contributed by atoms with E-state index in [4.69, 9.17) is 15.2 Å². The van der Waals surface area contributed by atoms with Crippen molar-refractivity contribution in [2.75, 3.05) is 19.5 Å². The summed E-state index contributed by atoms with van der Waals surface area (Å²) in [4.78, 5) is 4.47. The normalized spacial score (nSPS) is 13.1. The molecule has 1 heterocycles. The highest BCUT2D eigenvalue weighted by Crippen LogP contribution is 2.31. The lowest BCUT2D eigenvalue weighted by atomic mass is 10.2. The fourth-order valence-corrected chi connectivity index (χ4v) is 2.34. The van der Waals surface area contributed by atoms with Crippen LogP contribution in [0.25, 0.3) is 11.0 Å². The zero-order valence-electron chi connectivity index (χ0n) is 12.6. The summed E-state index contributed by atoms with van der Waals surface area (Å²) in [6.45, 7) is 6.82. The molecule has 0 bridgehead atoms. The van der Waals surface area contributed by atoms with Gasteiger partial charge in [0, 0.05) is 19.8 Å². The van der Waals surface area contributed by atoms with E-state index in [2.05, 4.69) is 11.9 Å². The molecule has 5 heteroatoms. The number of hydrogen-bond donors (Lipinski definition) is 1. The molecular formula is C15H23N3O2. The van der Waals surface area contributed by atoms with Crippen LogP contribution in [0.3, 0.4) is 0 Å². The maximum atomic E-state index is 6.08. The van der Waals surface area contributed by atoms with E-state index < -0.39 is 0 Å². The summed E-state index contributed by atoms with van der Waals surface area (Å²) < 4.78 is 13.0. The lowest BCUT2D eigenvalue weighted by Crippen LogP contribution is -2.10. The first-order valence-electron chi connectivity index (χ1n) is 6.96. The number of benzene rings is 1. The fraction of sp³-hybridized carbons (Fsp3) is 0.533. The number of imidazole rings is 1. The van der Waals surface area contributed by atoms with Crippen molar-refractivity contribution in [3.8, 4) is 5.75 Å². The minimum absolute atomic E-state index is 0.109. The molecule has 5 nitrogen and oxygen atoms in total. The van der Waals surface area contributed by atoms with Gasteiger partial charge in [-0.3, -0.25) is 0 Å². The second kappa shape index (κ2) is 6.13. The van der Waals surface area contributed by atoms with E-state index in [1.54, 1.807) is 7.11 Å². The molecule has 0 fully saturated rings. The minimum atomic E-state index is 0.109. The van der Waals surface area contributed by atoms with Gasteiger partial charge in [-0.05, 0) is 39.3 Å². The maximum absolute atomic E-state index is 6.08. The highest BCUT2D eigenvalue weighted by atomic mass is 16.5. The third kappa shape index (κ3) is 2.88. The van der Waals surface area contributed by atoms with Gasteiger partial charge in [-0.25, -0.2) is 4.98 Å². The van der Waals surface area contributed by atoms with E-state index in [0.717, 1.165) is 23.2 Å². The molecule has 0 aliphatic heterocycles. The van der Waals surface area contributed by atoms with Crippen LogP contribution >= 0.6 is 0 Å². The first-order valence-corrected chi connectivity index (χ1v) is 6.96. The number of para-hydroxylation sites is 1. The first kappa shape index (κ1) is 14.7. The van der Waals surface area contributed by atoms with Gasteiger partial charge in [0.25, 0.3) is 0 Å². The van der Waals surface area contributed by atoms with Crippen LogP contribution in [0, 0.1) is 0 Å². The largest absolute Gasteiger partial charge is 0.489 e. The monoisotopic (exact) mass is 277 g/mol. The van der Waals surface area contributed by atoms with E-state index in [1.807, 2.05) is 36.6 Å². The number of nitrogens with zero attached hydrogens (tertiary/aromatic N) is 2. The van der Waals surface area contributed by atoms with E-state index in [9.17, 15) is 0 Å². The molecule has 1 aromatic carbocycles. The van der Waals surface area contributed by atoms with Crippen LogP contribution in [0.5, 0.6) is 5.75 Å². The first-order chi connectivity index (χ1) is 9.54. The smallest absolute Gasteiger partial charge is 0.201 e. The second-order valence-corrected chi connectivity index (χ2v) is 5.26. The van der Waals surface area contributed by atoms with Gasteiger partial charge in [0.2, 0.25) is 5.95 Å². The Hall–Kier alpha value is -1.75. The van der Waals surface area contributed by atoms with Crippen LogP contribution in [-0.4, -0.2) is 29.4 Å². The molecule has 2 rings (SSSR count). The molecule has 2 N–H and O–H groups in total. The Morgan fingerprint density at radius 1 is 1.30 bits per heavy atom. The van der Waals surface area contributed by atoms with Gasteiger partial charge >= 0.3 is 0 Å². The molecule has 0 spiro atoms. The quantitative estimate of drug-likeness (QED) is 0.881. The van der Waals surface area contributed by atoms with Gasteiger partial charge in [0.05, 0.1) is 11.6 Å².